The average Bonchev–Trinajstić information content (AvgIpc) is 2.44. The Balaban J connectivity index is 3.86. The van der Waals surface area contributed by atoms with Crippen molar-refractivity contribution in [3.8, 4) is 0 Å². The van der Waals surface area contributed by atoms with Gasteiger partial charge in [-0.1, -0.05) is 13.5 Å². The number of alkyl halides is 10. The van der Waals surface area contributed by atoms with Crippen LogP contribution in [-0.2, 0) is 14.3 Å². The van der Waals surface area contributed by atoms with Gasteiger partial charge in [-0.15, -0.1) is 0 Å². The van der Waals surface area contributed by atoms with E-state index in [9.17, 15) is 53.8 Å². The maximum Gasteiger partial charge on any atom is 0.449 e. The van der Waals surface area contributed by atoms with E-state index in [0.717, 1.165) is 0 Å². The predicted molar refractivity (Wildman–Crippen MR) is 65.8 cm³/mol. The van der Waals surface area contributed by atoms with Crippen molar-refractivity contribution >= 4 is 5.97 Å². The number of rotatable bonds is 3. The highest BCUT2D eigenvalue weighted by molar-refractivity contribution is 5.87. The quantitative estimate of drug-likeness (QED) is 0.428. The first kappa shape index (κ1) is 23.5. The number of halogens is 10. The Labute approximate surface area is 144 Å². The summed E-state index contributed by atoms with van der Waals surface area (Å²) in [4.78, 5) is 11.3. The van der Waals surface area contributed by atoms with Gasteiger partial charge in [0.05, 0.1) is 0 Å². The molecule has 3 unspecified atom stereocenters. The molecule has 0 bridgehead atoms. The minimum Gasteiger partial charge on any atom is -0.446 e. The summed E-state index contributed by atoms with van der Waals surface area (Å²) in [5.41, 5.74) is -6.12. The van der Waals surface area contributed by atoms with Crippen LogP contribution in [0.2, 0.25) is 0 Å². The Bertz CT molecular complexity index is 626. The molecule has 0 aromatic carbocycles. The monoisotopic (exact) mass is 422 g/mol. The summed E-state index contributed by atoms with van der Waals surface area (Å²) in [6.07, 6.45) is -19.8. The Kier molecular flexibility index (Phi) is 5.41. The number of aliphatic hydroxyl groups is 1. The van der Waals surface area contributed by atoms with E-state index in [4.69, 9.17) is 0 Å². The van der Waals surface area contributed by atoms with E-state index in [2.05, 4.69) is 16.1 Å². The third-order valence-corrected chi connectivity index (χ3v) is 3.88. The molecular weight excluding hydrogens is 410 g/mol. The van der Waals surface area contributed by atoms with Gasteiger partial charge in [-0.2, -0.15) is 43.9 Å². The lowest BCUT2D eigenvalue weighted by atomic mass is 9.79. The summed E-state index contributed by atoms with van der Waals surface area (Å²) in [5, 5.41) is 9.28. The van der Waals surface area contributed by atoms with E-state index in [1.807, 2.05) is 0 Å². The zero-order chi connectivity index (χ0) is 21.9. The third-order valence-electron chi connectivity index (χ3n) is 3.88. The van der Waals surface area contributed by atoms with Crippen molar-refractivity contribution in [1.29, 1.82) is 0 Å². The molecule has 27 heavy (non-hydrogen) atoms. The standard InChI is InChI=1S/C13H12F10O4/c1-4-8(12(18,19)20)9(14,15)7(26-6(24)5(2)3)10(16,17)11(25,27-8)13(21,22)23/h7,25H,2,4H2,1,3H3. The zero-order valence-corrected chi connectivity index (χ0v) is 13.4. The number of hydrogen-bond donors (Lipinski definition) is 1. The first-order valence-electron chi connectivity index (χ1n) is 6.91. The molecule has 1 fully saturated rings. The second-order valence-electron chi connectivity index (χ2n) is 5.73. The number of ether oxygens (including phenoxy) is 2. The van der Waals surface area contributed by atoms with Crippen molar-refractivity contribution in [2.45, 2.75) is 62.0 Å². The molecule has 1 saturated heterocycles. The lowest BCUT2D eigenvalue weighted by Crippen LogP contribution is -2.82. The van der Waals surface area contributed by atoms with Gasteiger partial charge in [0.1, 0.15) is 0 Å². The predicted octanol–water partition coefficient (Wildman–Crippen LogP) is 3.74. The number of hydrogen-bond acceptors (Lipinski definition) is 4. The lowest BCUT2D eigenvalue weighted by molar-refractivity contribution is -0.540. The van der Waals surface area contributed by atoms with E-state index in [1.165, 1.54) is 0 Å². The van der Waals surface area contributed by atoms with Crippen molar-refractivity contribution < 1.29 is 63.3 Å². The highest BCUT2D eigenvalue weighted by Gasteiger charge is 2.91. The van der Waals surface area contributed by atoms with Crippen LogP contribution < -0.4 is 0 Å². The molecule has 0 aromatic heterocycles. The SMILES string of the molecule is C=C(C)C(=O)OC1C(F)(F)C(O)(C(F)(F)F)OC(CC)(C(F)(F)F)C1(F)F. The van der Waals surface area contributed by atoms with Crippen molar-refractivity contribution in [3.63, 3.8) is 0 Å². The van der Waals surface area contributed by atoms with E-state index < -0.39 is 59.7 Å². The normalized spacial score (nSPS) is 33.4. The van der Waals surface area contributed by atoms with Gasteiger partial charge in [0, 0.05) is 5.57 Å². The van der Waals surface area contributed by atoms with Gasteiger partial charge < -0.3 is 14.6 Å². The second-order valence-corrected chi connectivity index (χ2v) is 5.73. The first-order chi connectivity index (χ1) is 11.7. The van der Waals surface area contributed by atoms with Crippen LogP contribution in [0.4, 0.5) is 43.9 Å². The van der Waals surface area contributed by atoms with Gasteiger partial charge in [-0.25, -0.2) is 4.79 Å². The maximum absolute atomic E-state index is 14.4. The maximum atomic E-state index is 14.4. The molecule has 0 saturated carbocycles. The minimum absolute atomic E-state index is 0.263. The van der Waals surface area contributed by atoms with Crippen molar-refractivity contribution in [2.75, 3.05) is 0 Å². The summed E-state index contributed by atoms with van der Waals surface area (Å²) in [6.45, 7) is 3.78. The van der Waals surface area contributed by atoms with E-state index >= 15 is 0 Å². The van der Waals surface area contributed by atoms with E-state index in [1.54, 1.807) is 0 Å². The van der Waals surface area contributed by atoms with Gasteiger partial charge >= 0.3 is 36.0 Å². The Morgan fingerprint density at radius 3 is 1.81 bits per heavy atom. The molecular formula is C13H12F10O4. The first-order valence-corrected chi connectivity index (χ1v) is 6.91. The summed E-state index contributed by atoms with van der Waals surface area (Å²) in [6, 6.07) is 0. The fraction of sp³-hybridized carbons (Fsp3) is 0.769. The second kappa shape index (κ2) is 6.22. The molecule has 0 amide bonds. The molecule has 0 aromatic rings. The van der Waals surface area contributed by atoms with Gasteiger partial charge in [-0.05, 0) is 13.3 Å². The van der Waals surface area contributed by atoms with E-state index in [-0.39, 0.29) is 6.92 Å². The Morgan fingerprint density at radius 2 is 1.52 bits per heavy atom. The molecule has 158 valence electrons. The van der Waals surface area contributed by atoms with Gasteiger partial charge in [0.15, 0.2) is 0 Å². The number of carbonyl (C=O) groups excluding carboxylic acids is 1. The molecule has 0 aliphatic carbocycles. The van der Waals surface area contributed by atoms with Crippen LogP contribution in [0.1, 0.15) is 20.3 Å². The zero-order valence-electron chi connectivity index (χ0n) is 13.4. The minimum atomic E-state index is -6.67. The largest absolute Gasteiger partial charge is 0.449 e. The van der Waals surface area contributed by atoms with Gasteiger partial charge in [0.25, 0.3) is 0 Å². The number of esters is 1. The van der Waals surface area contributed by atoms with Crippen LogP contribution in [0.3, 0.4) is 0 Å². The van der Waals surface area contributed by atoms with Crippen LogP contribution in [0, 0.1) is 0 Å². The summed E-state index contributed by atoms with van der Waals surface area (Å²) in [7, 11) is 0. The van der Waals surface area contributed by atoms with Crippen molar-refractivity contribution in [3.05, 3.63) is 12.2 Å². The van der Waals surface area contributed by atoms with Crippen molar-refractivity contribution in [2.24, 2.45) is 0 Å². The smallest absolute Gasteiger partial charge is 0.446 e. The van der Waals surface area contributed by atoms with Crippen molar-refractivity contribution in [1.82, 2.24) is 0 Å². The Hall–Kier alpha value is -1.57. The molecule has 14 heteroatoms. The van der Waals surface area contributed by atoms with Crippen LogP contribution in [0.15, 0.2) is 12.2 Å². The lowest BCUT2D eigenvalue weighted by Gasteiger charge is -2.55. The molecule has 1 aliphatic heterocycles. The fourth-order valence-electron chi connectivity index (χ4n) is 2.36. The highest BCUT2D eigenvalue weighted by Crippen LogP contribution is 2.62. The molecule has 1 rings (SSSR count). The van der Waals surface area contributed by atoms with E-state index in [0.29, 0.717) is 6.92 Å². The fourth-order valence-corrected chi connectivity index (χ4v) is 2.36. The molecule has 1 aliphatic rings. The average molecular weight is 422 g/mol. The number of carbonyl (C=O) groups is 1. The molecule has 0 radical (unpaired) electrons. The van der Waals surface area contributed by atoms with Gasteiger partial charge in [-0.3, -0.25) is 0 Å². The third kappa shape index (κ3) is 3.05. The molecule has 3 atom stereocenters. The topological polar surface area (TPSA) is 55.8 Å². The summed E-state index contributed by atoms with van der Waals surface area (Å²) >= 11 is 0. The molecule has 0 spiro atoms. The summed E-state index contributed by atoms with van der Waals surface area (Å²) in [5.74, 6) is -20.3. The molecule has 1 N–H and O–H groups in total. The van der Waals surface area contributed by atoms with Crippen LogP contribution in [0.25, 0.3) is 0 Å². The van der Waals surface area contributed by atoms with Crippen LogP contribution >= 0.6 is 0 Å². The molecule has 4 nitrogen and oxygen atoms in total. The summed E-state index contributed by atoms with van der Waals surface area (Å²) < 4.78 is 142. The Morgan fingerprint density at radius 1 is 1.07 bits per heavy atom. The highest BCUT2D eigenvalue weighted by atomic mass is 19.4. The van der Waals surface area contributed by atoms with Gasteiger partial charge in [0.2, 0.25) is 11.7 Å². The van der Waals surface area contributed by atoms with Crippen LogP contribution in [0.5, 0.6) is 0 Å². The molecule has 1 heterocycles. The van der Waals surface area contributed by atoms with Crippen LogP contribution in [-0.4, -0.2) is 52.8 Å².